The second kappa shape index (κ2) is 13.9. The average molecular weight is 612 g/mol. The van der Waals surface area contributed by atoms with Crippen LogP contribution in [0.5, 0.6) is 11.5 Å². The summed E-state index contributed by atoms with van der Waals surface area (Å²) in [4.78, 5) is 28.9. The summed E-state index contributed by atoms with van der Waals surface area (Å²) in [5, 5.41) is 2.96. The van der Waals surface area contributed by atoms with Gasteiger partial charge in [0.05, 0.1) is 10.6 Å². The van der Waals surface area contributed by atoms with Crippen molar-refractivity contribution in [2.75, 3.05) is 24.1 Å². The molecule has 1 heterocycles. The number of carbonyl (C=O) groups excluding carboxylic acids is 2. The second-order valence-electron chi connectivity index (χ2n) is 10.5. The highest BCUT2D eigenvalue weighted by Crippen LogP contribution is 2.34. The first-order chi connectivity index (χ1) is 20.5. The molecule has 0 saturated carbocycles. The number of hydrogen-bond donors (Lipinski definition) is 1. The van der Waals surface area contributed by atoms with Gasteiger partial charge in [-0.05, 0) is 74.2 Å². The van der Waals surface area contributed by atoms with E-state index in [1.165, 1.54) is 35.2 Å². The fourth-order valence-electron chi connectivity index (χ4n) is 4.78. The largest absolute Gasteiger partial charge is 0.486 e. The molecule has 3 aromatic carbocycles. The van der Waals surface area contributed by atoms with Crippen LogP contribution in [0.4, 0.5) is 10.1 Å². The lowest BCUT2D eigenvalue weighted by molar-refractivity contribution is -0.140. The second-order valence-corrected chi connectivity index (χ2v) is 12.3. The van der Waals surface area contributed by atoms with Gasteiger partial charge in [-0.15, -0.1) is 0 Å². The van der Waals surface area contributed by atoms with Crippen LogP contribution in [0.15, 0.2) is 71.6 Å². The number of amides is 2. The fraction of sp³-hybridized carbons (Fsp3) is 0.375. The van der Waals surface area contributed by atoms with E-state index < -0.39 is 34.3 Å². The molecule has 11 heteroatoms. The molecule has 2 amide bonds. The molecule has 0 saturated heterocycles. The summed E-state index contributed by atoms with van der Waals surface area (Å²) in [6.07, 6.45) is 1.02. The van der Waals surface area contributed by atoms with Crippen LogP contribution in [0, 0.1) is 12.7 Å². The maximum atomic E-state index is 14.2. The Morgan fingerprint density at radius 1 is 0.953 bits per heavy atom. The monoisotopic (exact) mass is 611 g/mol. The van der Waals surface area contributed by atoms with Crippen molar-refractivity contribution in [2.45, 2.75) is 64.1 Å². The van der Waals surface area contributed by atoms with Gasteiger partial charge in [-0.3, -0.25) is 13.9 Å². The van der Waals surface area contributed by atoms with E-state index in [-0.39, 0.29) is 41.4 Å². The normalized spacial score (nSPS) is 14.0. The first-order valence-electron chi connectivity index (χ1n) is 14.4. The third kappa shape index (κ3) is 7.45. The number of hydrogen-bond acceptors (Lipinski definition) is 6. The molecule has 1 N–H and O–H groups in total. The van der Waals surface area contributed by atoms with Crippen molar-refractivity contribution in [3.8, 4) is 11.5 Å². The Morgan fingerprint density at radius 2 is 1.63 bits per heavy atom. The number of fused-ring (bicyclic) bond motifs is 1. The van der Waals surface area contributed by atoms with Gasteiger partial charge in [0.2, 0.25) is 11.8 Å². The highest BCUT2D eigenvalue weighted by atomic mass is 32.2. The van der Waals surface area contributed by atoms with Crippen molar-refractivity contribution < 1.29 is 31.9 Å². The lowest BCUT2D eigenvalue weighted by atomic mass is 10.1. The number of nitrogens with zero attached hydrogens (tertiary/aromatic N) is 2. The maximum Gasteiger partial charge on any atom is 0.264 e. The summed E-state index contributed by atoms with van der Waals surface area (Å²) in [5.41, 5.74) is 1.85. The van der Waals surface area contributed by atoms with Crippen LogP contribution in [-0.4, -0.2) is 57.0 Å². The maximum absolute atomic E-state index is 14.2. The number of benzene rings is 3. The van der Waals surface area contributed by atoms with E-state index in [0.717, 1.165) is 27.6 Å². The quantitative estimate of drug-likeness (QED) is 0.315. The van der Waals surface area contributed by atoms with E-state index in [0.29, 0.717) is 25.2 Å². The van der Waals surface area contributed by atoms with Gasteiger partial charge >= 0.3 is 0 Å². The third-order valence-corrected chi connectivity index (χ3v) is 9.25. The summed E-state index contributed by atoms with van der Waals surface area (Å²) in [6, 6.07) is 15.7. The lowest BCUT2D eigenvalue weighted by Gasteiger charge is -2.34. The van der Waals surface area contributed by atoms with Crippen molar-refractivity contribution in [1.82, 2.24) is 10.2 Å². The van der Waals surface area contributed by atoms with E-state index in [4.69, 9.17) is 9.47 Å². The number of ether oxygens (including phenoxy) is 2. The van der Waals surface area contributed by atoms with Crippen molar-refractivity contribution >= 4 is 27.5 Å². The molecule has 43 heavy (non-hydrogen) atoms. The highest BCUT2D eigenvalue weighted by molar-refractivity contribution is 7.92. The molecule has 0 aromatic heterocycles. The van der Waals surface area contributed by atoms with Gasteiger partial charge in [0.25, 0.3) is 10.0 Å². The van der Waals surface area contributed by atoms with Crippen LogP contribution in [0.1, 0.15) is 44.7 Å². The first-order valence-corrected chi connectivity index (χ1v) is 15.8. The minimum Gasteiger partial charge on any atom is -0.486 e. The first kappa shape index (κ1) is 31.8. The van der Waals surface area contributed by atoms with Crippen LogP contribution < -0.4 is 19.1 Å². The number of sulfonamides is 1. The Balaban J connectivity index is 1.75. The predicted octanol–water partition coefficient (Wildman–Crippen LogP) is 4.82. The summed E-state index contributed by atoms with van der Waals surface area (Å²) in [5.74, 6) is -0.772. The molecule has 0 aliphatic carbocycles. The van der Waals surface area contributed by atoms with Crippen LogP contribution in [0.3, 0.4) is 0 Å². The third-order valence-electron chi connectivity index (χ3n) is 7.48. The zero-order valence-electron chi connectivity index (χ0n) is 24.9. The molecule has 2 atom stereocenters. The topological polar surface area (TPSA) is 105 Å². The Hall–Kier alpha value is -4.12. The SMILES string of the molecule is CC[C@H](C)NC(=O)[C@H](CC)N(Cc1ccccc1C)C(=O)CN(c1ccc(F)cc1)S(=O)(=O)c1ccc2c(c1)OCCO2. The zero-order valence-corrected chi connectivity index (χ0v) is 25.7. The van der Waals surface area contributed by atoms with E-state index in [9.17, 15) is 22.4 Å². The Kier molecular flexibility index (Phi) is 10.3. The molecule has 1 aliphatic rings. The van der Waals surface area contributed by atoms with Crippen molar-refractivity contribution in [1.29, 1.82) is 0 Å². The Morgan fingerprint density at radius 3 is 2.28 bits per heavy atom. The standard InChI is InChI=1S/C32H38FN3O6S/c1-5-23(4)34-32(38)28(6-2)35(20-24-10-8-7-9-22(24)3)31(37)21-36(26-13-11-25(33)12-14-26)43(39,40)27-15-16-29-30(19-27)42-18-17-41-29/h7-16,19,23,28H,5-6,17-18,20-21H2,1-4H3,(H,34,38)/t23-,28-/m0/s1. The van der Waals surface area contributed by atoms with Gasteiger partial charge < -0.3 is 19.7 Å². The number of halogens is 1. The van der Waals surface area contributed by atoms with E-state index in [2.05, 4.69) is 5.32 Å². The number of aryl methyl sites for hydroxylation is 1. The predicted molar refractivity (Wildman–Crippen MR) is 162 cm³/mol. The van der Waals surface area contributed by atoms with Crippen LogP contribution in [-0.2, 0) is 26.2 Å². The summed E-state index contributed by atoms with van der Waals surface area (Å²) < 4.78 is 54.2. The minimum absolute atomic E-state index is 0.0950. The molecule has 4 rings (SSSR count). The van der Waals surface area contributed by atoms with Crippen molar-refractivity contribution in [3.05, 3.63) is 83.7 Å². The molecular formula is C32H38FN3O6S. The van der Waals surface area contributed by atoms with E-state index >= 15 is 0 Å². The summed E-state index contributed by atoms with van der Waals surface area (Å²) >= 11 is 0. The summed E-state index contributed by atoms with van der Waals surface area (Å²) in [6.45, 7) is 7.63. The molecule has 0 radical (unpaired) electrons. The van der Waals surface area contributed by atoms with Crippen LogP contribution in [0.2, 0.25) is 0 Å². The minimum atomic E-state index is -4.36. The Bertz CT molecular complexity index is 1550. The molecule has 230 valence electrons. The van der Waals surface area contributed by atoms with Crippen LogP contribution >= 0.6 is 0 Å². The molecular weight excluding hydrogens is 573 g/mol. The fourth-order valence-corrected chi connectivity index (χ4v) is 6.21. The zero-order chi connectivity index (χ0) is 31.1. The van der Waals surface area contributed by atoms with Gasteiger partial charge in [0.1, 0.15) is 31.6 Å². The molecule has 1 aliphatic heterocycles. The van der Waals surface area contributed by atoms with E-state index in [1.807, 2.05) is 52.0 Å². The van der Waals surface area contributed by atoms with Gasteiger partial charge in [0, 0.05) is 18.7 Å². The number of nitrogens with one attached hydrogen (secondary N) is 1. The lowest BCUT2D eigenvalue weighted by Crippen LogP contribution is -2.53. The Labute approximate surface area is 252 Å². The van der Waals surface area contributed by atoms with Crippen molar-refractivity contribution in [3.63, 3.8) is 0 Å². The van der Waals surface area contributed by atoms with Gasteiger partial charge in [-0.1, -0.05) is 38.1 Å². The molecule has 9 nitrogen and oxygen atoms in total. The van der Waals surface area contributed by atoms with E-state index in [1.54, 1.807) is 0 Å². The smallest absolute Gasteiger partial charge is 0.264 e. The van der Waals surface area contributed by atoms with Crippen LogP contribution in [0.25, 0.3) is 0 Å². The number of rotatable bonds is 12. The molecule has 0 fully saturated rings. The number of carbonyl (C=O) groups is 2. The van der Waals surface area contributed by atoms with Gasteiger partial charge in [0.15, 0.2) is 11.5 Å². The highest BCUT2D eigenvalue weighted by Gasteiger charge is 2.34. The summed E-state index contributed by atoms with van der Waals surface area (Å²) in [7, 11) is -4.36. The molecule has 0 bridgehead atoms. The van der Waals surface area contributed by atoms with Gasteiger partial charge in [-0.25, -0.2) is 12.8 Å². The molecule has 0 unspecified atom stereocenters. The molecule has 0 spiro atoms. The van der Waals surface area contributed by atoms with Crippen molar-refractivity contribution in [2.24, 2.45) is 0 Å². The number of anilines is 1. The molecule has 3 aromatic rings. The average Bonchev–Trinajstić information content (AvgIpc) is 3.00. The van der Waals surface area contributed by atoms with Gasteiger partial charge in [-0.2, -0.15) is 0 Å².